The summed E-state index contributed by atoms with van der Waals surface area (Å²) in [6.07, 6.45) is 0. The molecule has 0 atom stereocenters. The second-order valence-electron chi connectivity index (χ2n) is 5.08. The SMILES string of the molecule is COc1ccc(-n2c(N)c(C(=O)Nc3ccc(F)cc3)sc2=S)cc1. The Bertz CT molecular complexity index is 963. The molecule has 0 fully saturated rings. The van der Waals surface area contributed by atoms with Crippen LogP contribution in [0.15, 0.2) is 48.5 Å². The lowest BCUT2D eigenvalue weighted by atomic mass is 10.3. The van der Waals surface area contributed by atoms with E-state index in [9.17, 15) is 9.18 Å². The fraction of sp³-hybridized carbons (Fsp3) is 0.0588. The highest BCUT2D eigenvalue weighted by atomic mass is 32.1. The summed E-state index contributed by atoms with van der Waals surface area (Å²) in [5.41, 5.74) is 7.35. The summed E-state index contributed by atoms with van der Waals surface area (Å²) in [4.78, 5) is 12.8. The summed E-state index contributed by atoms with van der Waals surface area (Å²) in [5.74, 6) is 0.185. The number of amides is 1. The number of nitrogen functional groups attached to an aromatic ring is 1. The van der Waals surface area contributed by atoms with Crippen LogP contribution in [0.1, 0.15) is 9.67 Å². The summed E-state index contributed by atoms with van der Waals surface area (Å²) in [5, 5.41) is 2.68. The van der Waals surface area contributed by atoms with Crippen LogP contribution in [0.3, 0.4) is 0 Å². The number of hydrogen-bond donors (Lipinski definition) is 2. The molecule has 0 radical (unpaired) electrons. The van der Waals surface area contributed by atoms with Crippen molar-refractivity contribution in [3.63, 3.8) is 0 Å². The first kappa shape index (κ1) is 17.1. The predicted octanol–water partition coefficient (Wildman–Crippen LogP) is 4.25. The van der Waals surface area contributed by atoms with E-state index in [1.165, 1.54) is 24.3 Å². The van der Waals surface area contributed by atoms with E-state index >= 15 is 0 Å². The zero-order chi connectivity index (χ0) is 18.0. The maximum absolute atomic E-state index is 13.0. The Hall–Kier alpha value is -2.71. The van der Waals surface area contributed by atoms with Crippen LogP contribution < -0.4 is 15.8 Å². The van der Waals surface area contributed by atoms with E-state index in [0.29, 0.717) is 20.3 Å². The number of hydrogen-bond acceptors (Lipinski definition) is 5. The third-order valence-electron chi connectivity index (χ3n) is 3.48. The average molecular weight is 375 g/mol. The van der Waals surface area contributed by atoms with Crippen molar-refractivity contribution in [2.75, 3.05) is 18.2 Å². The van der Waals surface area contributed by atoms with Crippen molar-refractivity contribution in [3.05, 3.63) is 63.2 Å². The predicted molar refractivity (Wildman–Crippen MR) is 99.8 cm³/mol. The molecule has 0 aliphatic heterocycles. The van der Waals surface area contributed by atoms with E-state index < -0.39 is 5.91 Å². The molecule has 0 aliphatic carbocycles. The molecule has 5 nitrogen and oxygen atoms in total. The van der Waals surface area contributed by atoms with Gasteiger partial charge in [0, 0.05) is 11.4 Å². The van der Waals surface area contributed by atoms with Crippen molar-refractivity contribution in [1.82, 2.24) is 4.57 Å². The lowest BCUT2D eigenvalue weighted by Crippen LogP contribution is -2.13. The van der Waals surface area contributed by atoms with Crippen LogP contribution in [-0.2, 0) is 0 Å². The Morgan fingerprint density at radius 2 is 1.84 bits per heavy atom. The number of anilines is 2. The Balaban J connectivity index is 1.91. The van der Waals surface area contributed by atoms with Gasteiger partial charge < -0.3 is 15.8 Å². The standard InChI is InChI=1S/C17H14FN3O2S2/c1-23-13-8-6-12(7-9-13)21-15(19)14(25-17(21)24)16(22)20-11-4-2-10(18)3-5-11/h2-9H,19H2,1H3,(H,20,22). The molecule has 128 valence electrons. The number of benzene rings is 2. The second kappa shape index (κ2) is 7.04. The number of aromatic nitrogens is 1. The van der Waals surface area contributed by atoms with Crippen LogP contribution in [0, 0.1) is 9.77 Å². The Morgan fingerprint density at radius 1 is 1.20 bits per heavy atom. The molecule has 3 aromatic rings. The molecule has 0 aliphatic rings. The molecule has 1 amide bonds. The number of carbonyl (C=O) groups is 1. The highest BCUT2D eigenvalue weighted by Gasteiger charge is 2.18. The molecule has 1 aromatic heterocycles. The molecule has 0 unspecified atom stereocenters. The fourth-order valence-electron chi connectivity index (χ4n) is 2.24. The van der Waals surface area contributed by atoms with Gasteiger partial charge in [-0.05, 0) is 60.7 Å². The number of nitrogens with zero attached hydrogens (tertiary/aromatic N) is 1. The molecule has 3 N–H and O–H groups in total. The minimum absolute atomic E-state index is 0.250. The number of nitrogens with one attached hydrogen (secondary N) is 1. The smallest absolute Gasteiger partial charge is 0.269 e. The number of rotatable bonds is 4. The first-order chi connectivity index (χ1) is 12.0. The van der Waals surface area contributed by atoms with E-state index in [1.54, 1.807) is 35.9 Å². The number of thiazole rings is 1. The maximum Gasteiger partial charge on any atom is 0.269 e. The number of halogens is 1. The molecular weight excluding hydrogens is 361 g/mol. The van der Waals surface area contributed by atoms with Gasteiger partial charge in [-0.1, -0.05) is 11.3 Å². The van der Waals surface area contributed by atoms with Crippen LogP contribution in [0.25, 0.3) is 5.69 Å². The van der Waals surface area contributed by atoms with Crippen molar-refractivity contribution in [1.29, 1.82) is 0 Å². The molecule has 3 rings (SSSR count). The molecule has 1 heterocycles. The van der Waals surface area contributed by atoms with Crippen molar-refractivity contribution in [3.8, 4) is 11.4 Å². The molecular formula is C17H14FN3O2S2. The van der Waals surface area contributed by atoms with Crippen molar-refractivity contribution >= 4 is 41.0 Å². The normalized spacial score (nSPS) is 10.5. The zero-order valence-electron chi connectivity index (χ0n) is 13.2. The van der Waals surface area contributed by atoms with Crippen LogP contribution in [0.5, 0.6) is 5.75 Å². The van der Waals surface area contributed by atoms with Gasteiger partial charge in [-0.25, -0.2) is 4.39 Å². The van der Waals surface area contributed by atoms with Gasteiger partial charge in [-0.15, -0.1) is 0 Å². The Morgan fingerprint density at radius 3 is 2.44 bits per heavy atom. The summed E-state index contributed by atoms with van der Waals surface area (Å²) in [7, 11) is 1.58. The topological polar surface area (TPSA) is 69.3 Å². The quantitative estimate of drug-likeness (QED) is 0.669. The number of methoxy groups -OCH3 is 1. The third kappa shape index (κ3) is 3.54. The van der Waals surface area contributed by atoms with Gasteiger partial charge in [0.05, 0.1) is 7.11 Å². The third-order valence-corrected chi connectivity index (χ3v) is 4.87. The van der Waals surface area contributed by atoms with Crippen molar-refractivity contribution in [2.24, 2.45) is 0 Å². The lowest BCUT2D eigenvalue weighted by Gasteiger charge is -2.08. The highest BCUT2D eigenvalue weighted by molar-refractivity contribution is 7.73. The number of carbonyl (C=O) groups excluding carboxylic acids is 1. The minimum Gasteiger partial charge on any atom is -0.497 e. The fourth-order valence-corrected chi connectivity index (χ4v) is 3.51. The monoisotopic (exact) mass is 375 g/mol. The van der Waals surface area contributed by atoms with Gasteiger partial charge in [-0.2, -0.15) is 0 Å². The first-order valence-corrected chi connectivity index (χ1v) is 8.44. The second-order valence-corrected chi connectivity index (χ2v) is 6.72. The van der Waals surface area contributed by atoms with E-state index in [4.69, 9.17) is 22.7 Å². The van der Waals surface area contributed by atoms with Gasteiger partial charge in [0.1, 0.15) is 22.3 Å². The summed E-state index contributed by atoms with van der Waals surface area (Å²) >= 11 is 6.46. The molecule has 8 heteroatoms. The van der Waals surface area contributed by atoms with Crippen LogP contribution >= 0.6 is 23.6 Å². The van der Waals surface area contributed by atoms with Gasteiger partial charge in [-0.3, -0.25) is 9.36 Å². The van der Waals surface area contributed by atoms with Crippen molar-refractivity contribution < 1.29 is 13.9 Å². The summed E-state index contributed by atoms with van der Waals surface area (Å²) < 4.78 is 20.2. The summed E-state index contributed by atoms with van der Waals surface area (Å²) in [6, 6.07) is 12.7. The van der Waals surface area contributed by atoms with E-state index in [1.807, 2.05) is 0 Å². The van der Waals surface area contributed by atoms with E-state index in [2.05, 4.69) is 5.32 Å². The van der Waals surface area contributed by atoms with E-state index in [-0.39, 0.29) is 11.6 Å². The van der Waals surface area contributed by atoms with Gasteiger partial charge in [0.25, 0.3) is 5.91 Å². The van der Waals surface area contributed by atoms with Crippen LogP contribution in [0.4, 0.5) is 15.9 Å². The van der Waals surface area contributed by atoms with E-state index in [0.717, 1.165) is 17.0 Å². The summed E-state index contributed by atoms with van der Waals surface area (Å²) in [6.45, 7) is 0. The van der Waals surface area contributed by atoms with Gasteiger partial charge >= 0.3 is 0 Å². The first-order valence-electron chi connectivity index (χ1n) is 7.22. The van der Waals surface area contributed by atoms with Gasteiger partial charge in [0.2, 0.25) is 0 Å². The average Bonchev–Trinajstić information content (AvgIpc) is 2.91. The largest absolute Gasteiger partial charge is 0.497 e. The van der Waals surface area contributed by atoms with Gasteiger partial charge in [0.15, 0.2) is 3.95 Å². The highest BCUT2D eigenvalue weighted by Crippen LogP contribution is 2.28. The van der Waals surface area contributed by atoms with Crippen molar-refractivity contribution in [2.45, 2.75) is 0 Å². The molecule has 0 saturated carbocycles. The molecule has 0 saturated heterocycles. The maximum atomic E-state index is 13.0. The lowest BCUT2D eigenvalue weighted by molar-refractivity contribution is 0.103. The number of ether oxygens (including phenoxy) is 1. The molecule has 25 heavy (non-hydrogen) atoms. The number of nitrogens with two attached hydrogens (primary N) is 1. The van der Waals surface area contributed by atoms with Crippen LogP contribution in [0.2, 0.25) is 0 Å². The Kier molecular flexibility index (Phi) is 4.82. The molecule has 2 aromatic carbocycles. The van der Waals surface area contributed by atoms with Crippen LogP contribution in [-0.4, -0.2) is 17.6 Å². The molecule has 0 bridgehead atoms. The zero-order valence-corrected chi connectivity index (χ0v) is 14.8. The Labute approximate surface area is 152 Å². The molecule has 0 spiro atoms. The minimum atomic E-state index is -0.396.